The van der Waals surface area contributed by atoms with Gasteiger partial charge in [-0.15, -0.1) is 0 Å². The van der Waals surface area contributed by atoms with Crippen LogP contribution in [0.3, 0.4) is 0 Å². The molecule has 17 heavy (non-hydrogen) atoms. The van der Waals surface area contributed by atoms with Gasteiger partial charge in [-0.1, -0.05) is 11.6 Å². The Morgan fingerprint density at radius 2 is 2.18 bits per heavy atom. The third-order valence-electron chi connectivity index (χ3n) is 2.20. The molecule has 0 aliphatic heterocycles. The number of nitrogens with two attached hydrogens (primary N) is 1. The van der Waals surface area contributed by atoms with Gasteiger partial charge in [-0.25, -0.2) is 4.79 Å². The molecular weight excluding hydrogens is 242 g/mol. The second-order valence-corrected chi connectivity index (χ2v) is 4.37. The largest absolute Gasteiger partial charge is 0.478 e. The molecule has 0 aliphatic rings. The topological polar surface area (TPSA) is 78.6 Å². The van der Waals surface area contributed by atoms with Crippen LogP contribution in [0.4, 0.5) is 11.4 Å². The second-order valence-electron chi connectivity index (χ2n) is 3.96. The second kappa shape index (κ2) is 5.75. The minimum Gasteiger partial charge on any atom is -0.478 e. The third-order valence-corrected chi connectivity index (χ3v) is 2.50. The number of hydrogen-bond acceptors (Lipinski definition) is 4. The van der Waals surface area contributed by atoms with Crippen molar-refractivity contribution >= 4 is 28.9 Å². The first-order valence-corrected chi connectivity index (χ1v) is 5.50. The molecule has 0 radical (unpaired) electrons. The van der Waals surface area contributed by atoms with Crippen molar-refractivity contribution in [3.63, 3.8) is 0 Å². The van der Waals surface area contributed by atoms with Crippen LogP contribution in [-0.2, 0) is 0 Å². The van der Waals surface area contributed by atoms with Crippen LogP contribution in [0, 0.1) is 0 Å². The Labute approximate surface area is 105 Å². The standard InChI is InChI=1S/C11H16ClN3O2/c1-15(2)4-3-14-10-8(11(16)17)5-7(13)6-9(10)12/h5-6,14H,3-4,13H2,1-2H3,(H,16,17). The summed E-state index contributed by atoms with van der Waals surface area (Å²) in [4.78, 5) is 13.0. The van der Waals surface area contributed by atoms with Gasteiger partial charge in [-0.3, -0.25) is 0 Å². The van der Waals surface area contributed by atoms with E-state index in [2.05, 4.69) is 5.32 Å². The number of nitrogens with zero attached hydrogens (tertiary/aromatic N) is 1. The van der Waals surface area contributed by atoms with Crippen LogP contribution in [-0.4, -0.2) is 43.2 Å². The van der Waals surface area contributed by atoms with Crippen LogP contribution in [0.2, 0.25) is 5.02 Å². The van der Waals surface area contributed by atoms with Gasteiger partial charge in [-0.2, -0.15) is 0 Å². The highest BCUT2D eigenvalue weighted by Gasteiger charge is 2.14. The molecule has 1 rings (SSSR count). The molecule has 0 amide bonds. The van der Waals surface area contributed by atoms with E-state index in [-0.39, 0.29) is 5.56 Å². The van der Waals surface area contributed by atoms with Crippen LogP contribution >= 0.6 is 11.6 Å². The highest BCUT2D eigenvalue weighted by atomic mass is 35.5. The maximum absolute atomic E-state index is 11.1. The van der Waals surface area contributed by atoms with Gasteiger partial charge in [0.25, 0.3) is 0 Å². The van der Waals surface area contributed by atoms with Gasteiger partial charge in [0, 0.05) is 18.8 Å². The molecule has 0 spiro atoms. The van der Waals surface area contributed by atoms with Crippen molar-refractivity contribution in [1.29, 1.82) is 0 Å². The number of anilines is 2. The predicted molar refractivity (Wildman–Crippen MR) is 69.9 cm³/mol. The van der Waals surface area contributed by atoms with Crippen molar-refractivity contribution in [2.24, 2.45) is 0 Å². The summed E-state index contributed by atoms with van der Waals surface area (Å²) in [6.45, 7) is 1.39. The lowest BCUT2D eigenvalue weighted by molar-refractivity contribution is 0.0698. The lowest BCUT2D eigenvalue weighted by Gasteiger charge is -2.14. The summed E-state index contributed by atoms with van der Waals surface area (Å²) in [6.07, 6.45) is 0. The molecule has 0 saturated heterocycles. The van der Waals surface area contributed by atoms with Crippen molar-refractivity contribution in [2.45, 2.75) is 0 Å². The number of nitrogens with one attached hydrogen (secondary N) is 1. The molecule has 4 N–H and O–H groups in total. The average Bonchev–Trinajstić information content (AvgIpc) is 2.19. The van der Waals surface area contributed by atoms with Crippen molar-refractivity contribution in [1.82, 2.24) is 4.90 Å². The Kier molecular flexibility index (Phi) is 4.60. The van der Waals surface area contributed by atoms with E-state index in [1.165, 1.54) is 12.1 Å². The number of carboxylic acids is 1. The first-order valence-electron chi connectivity index (χ1n) is 5.12. The van der Waals surface area contributed by atoms with E-state index < -0.39 is 5.97 Å². The Balaban J connectivity index is 2.92. The van der Waals surface area contributed by atoms with Crippen LogP contribution in [0.25, 0.3) is 0 Å². The normalized spacial score (nSPS) is 10.6. The zero-order chi connectivity index (χ0) is 13.0. The summed E-state index contributed by atoms with van der Waals surface area (Å²) in [6, 6.07) is 2.93. The van der Waals surface area contributed by atoms with Crippen LogP contribution in [0.1, 0.15) is 10.4 Å². The summed E-state index contributed by atoms with van der Waals surface area (Å²) in [5.41, 5.74) is 6.40. The van der Waals surface area contributed by atoms with Crippen molar-refractivity contribution in [3.8, 4) is 0 Å². The van der Waals surface area contributed by atoms with E-state index in [0.717, 1.165) is 6.54 Å². The van der Waals surface area contributed by atoms with E-state index in [1.807, 2.05) is 19.0 Å². The van der Waals surface area contributed by atoms with Gasteiger partial charge in [0.15, 0.2) is 0 Å². The van der Waals surface area contributed by atoms with Gasteiger partial charge in [-0.05, 0) is 26.2 Å². The fourth-order valence-electron chi connectivity index (χ4n) is 1.38. The summed E-state index contributed by atoms with van der Waals surface area (Å²) in [5, 5.41) is 12.4. The fourth-order valence-corrected chi connectivity index (χ4v) is 1.68. The first kappa shape index (κ1) is 13.6. The number of hydrogen-bond donors (Lipinski definition) is 3. The Morgan fingerprint density at radius 1 is 1.53 bits per heavy atom. The van der Waals surface area contributed by atoms with E-state index in [4.69, 9.17) is 22.4 Å². The molecule has 6 heteroatoms. The fraction of sp³-hybridized carbons (Fsp3) is 0.364. The molecule has 0 saturated carbocycles. The first-order chi connectivity index (χ1) is 7.91. The Bertz CT molecular complexity index is 421. The third kappa shape index (κ3) is 3.80. The monoisotopic (exact) mass is 257 g/mol. The Hall–Kier alpha value is -1.46. The SMILES string of the molecule is CN(C)CCNc1c(Cl)cc(N)cc1C(=O)O. The average molecular weight is 258 g/mol. The summed E-state index contributed by atoms with van der Waals surface area (Å²) < 4.78 is 0. The lowest BCUT2D eigenvalue weighted by atomic mass is 10.1. The van der Waals surface area contributed by atoms with Gasteiger partial charge >= 0.3 is 5.97 Å². The molecule has 1 aromatic rings. The molecule has 0 heterocycles. The van der Waals surface area contributed by atoms with Crippen molar-refractivity contribution in [2.75, 3.05) is 38.2 Å². The van der Waals surface area contributed by atoms with E-state index in [1.54, 1.807) is 0 Å². The van der Waals surface area contributed by atoms with Crippen LogP contribution in [0.5, 0.6) is 0 Å². The quantitative estimate of drug-likeness (QED) is 0.699. The Morgan fingerprint density at radius 3 is 2.71 bits per heavy atom. The molecule has 1 aromatic carbocycles. The smallest absolute Gasteiger partial charge is 0.337 e. The van der Waals surface area contributed by atoms with Crippen LogP contribution < -0.4 is 11.1 Å². The summed E-state index contributed by atoms with van der Waals surface area (Å²) >= 11 is 5.97. The maximum atomic E-state index is 11.1. The van der Waals surface area contributed by atoms with E-state index >= 15 is 0 Å². The number of benzene rings is 1. The number of likely N-dealkylation sites (N-methyl/N-ethyl adjacent to an activating group) is 1. The van der Waals surface area contributed by atoms with Gasteiger partial charge in [0.1, 0.15) is 0 Å². The zero-order valence-electron chi connectivity index (χ0n) is 9.83. The molecule has 0 bridgehead atoms. The van der Waals surface area contributed by atoms with E-state index in [0.29, 0.717) is 22.9 Å². The molecule has 0 aliphatic carbocycles. The maximum Gasteiger partial charge on any atom is 0.337 e. The number of rotatable bonds is 5. The number of nitrogen functional groups attached to an aromatic ring is 1. The summed E-state index contributed by atoms with van der Waals surface area (Å²) in [5.74, 6) is -1.05. The van der Waals surface area contributed by atoms with Crippen molar-refractivity contribution in [3.05, 3.63) is 22.7 Å². The van der Waals surface area contributed by atoms with Gasteiger partial charge in [0.2, 0.25) is 0 Å². The minimum absolute atomic E-state index is 0.0914. The minimum atomic E-state index is -1.05. The van der Waals surface area contributed by atoms with Gasteiger partial charge in [0.05, 0.1) is 16.3 Å². The van der Waals surface area contributed by atoms with Crippen molar-refractivity contribution < 1.29 is 9.90 Å². The number of carboxylic acid groups (broad SMARTS) is 1. The number of carbonyl (C=O) groups is 1. The molecule has 5 nitrogen and oxygen atoms in total. The highest BCUT2D eigenvalue weighted by Crippen LogP contribution is 2.29. The number of halogens is 1. The number of aromatic carboxylic acids is 1. The molecule has 0 atom stereocenters. The molecule has 94 valence electrons. The summed E-state index contributed by atoms with van der Waals surface area (Å²) in [7, 11) is 3.87. The van der Waals surface area contributed by atoms with Crippen LogP contribution in [0.15, 0.2) is 12.1 Å². The molecule has 0 unspecified atom stereocenters. The lowest BCUT2D eigenvalue weighted by Crippen LogP contribution is -2.21. The van der Waals surface area contributed by atoms with Gasteiger partial charge < -0.3 is 21.1 Å². The van der Waals surface area contributed by atoms with E-state index in [9.17, 15) is 4.79 Å². The molecular formula is C11H16ClN3O2. The predicted octanol–water partition coefficient (Wildman–Crippen LogP) is 1.59. The zero-order valence-corrected chi connectivity index (χ0v) is 10.6. The highest BCUT2D eigenvalue weighted by molar-refractivity contribution is 6.34. The molecule has 0 fully saturated rings. The molecule has 0 aromatic heterocycles.